The second-order valence-electron chi connectivity index (χ2n) is 6.05. The molecule has 1 unspecified atom stereocenters. The molecule has 1 saturated heterocycles. The smallest absolute Gasteiger partial charge is 0.262 e. The third kappa shape index (κ3) is 3.67. The van der Waals surface area contributed by atoms with Crippen LogP contribution in [-0.4, -0.2) is 48.3 Å². The fourth-order valence-corrected chi connectivity index (χ4v) is 3.01. The zero-order chi connectivity index (χ0) is 16.4. The lowest BCUT2D eigenvalue weighted by atomic mass is 10.00. The topological polar surface area (TPSA) is 61.4 Å². The number of fused-ring (bicyclic) bond motifs is 1. The number of rotatable bonds is 3. The number of halogens is 2. The Labute approximate surface area is 133 Å². The summed E-state index contributed by atoms with van der Waals surface area (Å²) in [7, 11) is 0. The Balaban J connectivity index is 1.50. The number of alkyl halides is 2. The van der Waals surface area contributed by atoms with E-state index in [2.05, 4.69) is 10.6 Å². The summed E-state index contributed by atoms with van der Waals surface area (Å²) in [6.07, 6.45) is 0.260. The number of carbonyl (C=O) groups excluding carboxylic acids is 2. The third-order valence-electron chi connectivity index (χ3n) is 4.32. The van der Waals surface area contributed by atoms with Gasteiger partial charge in [0.15, 0.2) is 0 Å². The van der Waals surface area contributed by atoms with Crippen LogP contribution in [0.5, 0.6) is 0 Å². The number of hydrogen-bond acceptors (Lipinski definition) is 3. The van der Waals surface area contributed by atoms with Crippen molar-refractivity contribution in [3.63, 3.8) is 0 Å². The maximum Gasteiger partial charge on any atom is 0.262 e. The van der Waals surface area contributed by atoms with Crippen molar-refractivity contribution < 1.29 is 18.4 Å². The third-order valence-corrected chi connectivity index (χ3v) is 4.32. The quantitative estimate of drug-likeness (QED) is 0.860. The number of amides is 2. The van der Waals surface area contributed by atoms with Crippen molar-refractivity contribution in [3.8, 4) is 0 Å². The molecule has 1 aromatic carbocycles. The average Bonchev–Trinajstić information content (AvgIpc) is 2.92. The minimum Gasteiger partial charge on any atom is -0.346 e. The summed E-state index contributed by atoms with van der Waals surface area (Å²) in [6, 6.07) is 7.00. The molecule has 0 radical (unpaired) electrons. The normalized spacial score (nSPS) is 22.5. The molecule has 1 fully saturated rings. The van der Waals surface area contributed by atoms with E-state index in [-0.39, 0.29) is 12.5 Å². The first-order chi connectivity index (χ1) is 10.9. The molecule has 2 aliphatic rings. The lowest BCUT2D eigenvalue weighted by Gasteiger charge is -2.29. The first-order valence-electron chi connectivity index (χ1n) is 7.68. The van der Waals surface area contributed by atoms with Crippen LogP contribution in [-0.2, 0) is 22.6 Å². The Morgan fingerprint density at radius 3 is 2.74 bits per heavy atom. The van der Waals surface area contributed by atoms with Gasteiger partial charge in [0.25, 0.3) is 5.92 Å². The van der Waals surface area contributed by atoms with Gasteiger partial charge in [-0.05, 0) is 17.5 Å². The highest BCUT2D eigenvalue weighted by Gasteiger charge is 2.42. The zero-order valence-electron chi connectivity index (χ0n) is 12.6. The van der Waals surface area contributed by atoms with Crippen LogP contribution >= 0.6 is 0 Å². The largest absolute Gasteiger partial charge is 0.346 e. The number of benzene rings is 1. The molecule has 5 nitrogen and oxygen atoms in total. The Morgan fingerprint density at radius 1 is 1.30 bits per heavy atom. The SMILES string of the molecule is O=C(NCC(=O)N1CCc2ccccc2C1)C1CC(F)(F)CN1. The van der Waals surface area contributed by atoms with Crippen molar-refractivity contribution >= 4 is 11.8 Å². The molecule has 23 heavy (non-hydrogen) atoms. The Bertz CT molecular complexity index is 621. The van der Waals surface area contributed by atoms with E-state index in [9.17, 15) is 18.4 Å². The number of nitrogens with one attached hydrogen (secondary N) is 2. The molecular formula is C16H19F2N3O2. The maximum absolute atomic E-state index is 13.1. The van der Waals surface area contributed by atoms with Gasteiger partial charge in [-0.25, -0.2) is 8.78 Å². The van der Waals surface area contributed by atoms with E-state index in [4.69, 9.17) is 0 Å². The van der Waals surface area contributed by atoms with Gasteiger partial charge < -0.3 is 10.2 Å². The Kier molecular flexibility index (Phi) is 4.30. The van der Waals surface area contributed by atoms with E-state index in [0.717, 1.165) is 12.0 Å². The molecule has 0 spiro atoms. The van der Waals surface area contributed by atoms with Gasteiger partial charge in [-0.15, -0.1) is 0 Å². The average molecular weight is 323 g/mol. The summed E-state index contributed by atoms with van der Waals surface area (Å²) in [4.78, 5) is 25.7. The molecule has 0 bridgehead atoms. The molecule has 0 aliphatic carbocycles. The fourth-order valence-electron chi connectivity index (χ4n) is 3.01. The van der Waals surface area contributed by atoms with Gasteiger partial charge >= 0.3 is 0 Å². The van der Waals surface area contributed by atoms with Crippen molar-refractivity contribution in [2.45, 2.75) is 31.4 Å². The van der Waals surface area contributed by atoms with E-state index in [1.807, 2.05) is 24.3 Å². The highest BCUT2D eigenvalue weighted by molar-refractivity contribution is 5.87. The van der Waals surface area contributed by atoms with E-state index in [1.165, 1.54) is 5.56 Å². The molecular weight excluding hydrogens is 304 g/mol. The molecule has 0 aromatic heterocycles. The van der Waals surface area contributed by atoms with Gasteiger partial charge in [0.2, 0.25) is 11.8 Å². The van der Waals surface area contributed by atoms with Crippen LogP contribution in [0.2, 0.25) is 0 Å². The molecule has 1 atom stereocenters. The zero-order valence-corrected chi connectivity index (χ0v) is 12.6. The number of nitrogens with zero attached hydrogens (tertiary/aromatic N) is 1. The van der Waals surface area contributed by atoms with Gasteiger partial charge in [0, 0.05) is 19.5 Å². The van der Waals surface area contributed by atoms with Crippen LogP contribution < -0.4 is 10.6 Å². The van der Waals surface area contributed by atoms with Crippen molar-refractivity contribution in [1.82, 2.24) is 15.5 Å². The van der Waals surface area contributed by atoms with Crippen LogP contribution in [0, 0.1) is 0 Å². The van der Waals surface area contributed by atoms with Gasteiger partial charge in [0.05, 0.1) is 19.1 Å². The van der Waals surface area contributed by atoms with E-state index < -0.39 is 30.8 Å². The maximum atomic E-state index is 13.1. The molecule has 3 rings (SSSR count). The van der Waals surface area contributed by atoms with Gasteiger partial charge in [-0.3, -0.25) is 14.9 Å². The molecule has 2 aliphatic heterocycles. The minimum atomic E-state index is -2.86. The first kappa shape index (κ1) is 15.9. The van der Waals surface area contributed by atoms with Crippen molar-refractivity contribution in [1.29, 1.82) is 0 Å². The van der Waals surface area contributed by atoms with E-state index in [1.54, 1.807) is 4.90 Å². The second kappa shape index (κ2) is 6.23. The van der Waals surface area contributed by atoms with Crippen LogP contribution in [0.3, 0.4) is 0 Å². The molecule has 124 valence electrons. The monoisotopic (exact) mass is 323 g/mol. The first-order valence-corrected chi connectivity index (χ1v) is 7.68. The van der Waals surface area contributed by atoms with E-state index >= 15 is 0 Å². The summed E-state index contributed by atoms with van der Waals surface area (Å²) < 4.78 is 26.1. The summed E-state index contributed by atoms with van der Waals surface area (Å²) in [5, 5.41) is 4.93. The highest BCUT2D eigenvalue weighted by atomic mass is 19.3. The van der Waals surface area contributed by atoms with Gasteiger partial charge in [0.1, 0.15) is 0 Å². The fraction of sp³-hybridized carbons (Fsp3) is 0.500. The van der Waals surface area contributed by atoms with Crippen molar-refractivity contribution in [3.05, 3.63) is 35.4 Å². The standard InChI is InChI=1S/C16H19F2N3O2/c17-16(18)7-13(20-10-16)15(23)19-8-14(22)21-6-5-11-3-1-2-4-12(11)9-21/h1-4,13,20H,5-10H2,(H,19,23). The lowest BCUT2D eigenvalue weighted by molar-refractivity contribution is -0.134. The number of carbonyl (C=O) groups is 2. The van der Waals surface area contributed by atoms with Crippen LogP contribution in [0.25, 0.3) is 0 Å². The molecule has 2 N–H and O–H groups in total. The molecule has 1 aromatic rings. The van der Waals surface area contributed by atoms with Gasteiger partial charge in [-0.2, -0.15) is 0 Å². The summed E-state index contributed by atoms with van der Waals surface area (Å²) >= 11 is 0. The van der Waals surface area contributed by atoms with E-state index in [0.29, 0.717) is 13.1 Å². The molecule has 2 amide bonds. The van der Waals surface area contributed by atoms with Crippen LogP contribution in [0.15, 0.2) is 24.3 Å². The van der Waals surface area contributed by atoms with Crippen molar-refractivity contribution in [2.75, 3.05) is 19.6 Å². The molecule has 2 heterocycles. The predicted octanol–water partition coefficient (Wildman–Crippen LogP) is 0.685. The Hall–Kier alpha value is -2.02. The van der Waals surface area contributed by atoms with Crippen LogP contribution in [0.4, 0.5) is 8.78 Å². The predicted molar refractivity (Wildman–Crippen MR) is 79.9 cm³/mol. The summed E-state index contributed by atoms with van der Waals surface area (Å²) in [5.41, 5.74) is 2.34. The highest BCUT2D eigenvalue weighted by Crippen LogP contribution is 2.25. The number of hydrogen-bond donors (Lipinski definition) is 2. The van der Waals surface area contributed by atoms with Crippen molar-refractivity contribution in [2.24, 2.45) is 0 Å². The molecule has 0 saturated carbocycles. The minimum absolute atomic E-state index is 0.162. The van der Waals surface area contributed by atoms with Gasteiger partial charge in [-0.1, -0.05) is 24.3 Å². The summed E-state index contributed by atoms with van der Waals surface area (Å²) in [6.45, 7) is 0.461. The second-order valence-corrected chi connectivity index (χ2v) is 6.05. The Morgan fingerprint density at radius 2 is 2.04 bits per heavy atom. The summed E-state index contributed by atoms with van der Waals surface area (Å²) in [5.74, 6) is -3.60. The van der Waals surface area contributed by atoms with Crippen LogP contribution in [0.1, 0.15) is 17.5 Å². The molecule has 7 heteroatoms. The lowest BCUT2D eigenvalue weighted by Crippen LogP contribution is -2.46.